The van der Waals surface area contributed by atoms with Crippen molar-refractivity contribution in [3.63, 3.8) is 0 Å². The molecule has 7 heteroatoms. The Morgan fingerprint density at radius 1 is 1.67 bits per heavy atom. The largest absolute Gasteiger partial charge is 0.392 e. The number of hydrogen-bond donors (Lipinski definition) is 2. The first-order valence-electron chi connectivity index (χ1n) is 4.52. The van der Waals surface area contributed by atoms with E-state index in [-0.39, 0.29) is 17.4 Å². The number of aryl methyl sites for hydroxylation is 1. The average molecular weight is 244 g/mol. The van der Waals surface area contributed by atoms with Crippen LogP contribution in [0.3, 0.4) is 0 Å². The van der Waals surface area contributed by atoms with Crippen molar-refractivity contribution in [2.24, 2.45) is 5.73 Å². The van der Waals surface area contributed by atoms with Crippen molar-refractivity contribution in [1.29, 1.82) is 0 Å². The van der Waals surface area contributed by atoms with E-state index in [1.54, 1.807) is 0 Å². The van der Waals surface area contributed by atoms with Gasteiger partial charge in [0.15, 0.2) is 0 Å². The molecule has 0 bridgehead atoms. The van der Waals surface area contributed by atoms with Crippen LogP contribution in [0.5, 0.6) is 0 Å². The summed E-state index contributed by atoms with van der Waals surface area (Å²) < 4.78 is 3.76. The summed E-state index contributed by atoms with van der Waals surface area (Å²) in [6, 6.07) is 0. The van der Waals surface area contributed by atoms with Gasteiger partial charge in [-0.2, -0.15) is 0 Å². The van der Waals surface area contributed by atoms with Gasteiger partial charge in [0.25, 0.3) is 5.91 Å². The molecule has 1 aromatic rings. The first-order chi connectivity index (χ1) is 7.15. The van der Waals surface area contributed by atoms with Crippen molar-refractivity contribution >= 4 is 34.6 Å². The molecular formula is C8H12N4OS2. The molecule has 0 saturated heterocycles. The van der Waals surface area contributed by atoms with Crippen LogP contribution < -0.4 is 11.1 Å². The number of aromatic nitrogens is 2. The average Bonchev–Trinajstić information content (AvgIpc) is 2.63. The maximum atomic E-state index is 11.6. The Bertz CT molecular complexity index is 363. The summed E-state index contributed by atoms with van der Waals surface area (Å²) >= 11 is 5.75. The number of carbonyl (C=O) groups excluding carboxylic acids is 1. The van der Waals surface area contributed by atoms with E-state index in [1.807, 2.05) is 6.92 Å². The monoisotopic (exact) mass is 244 g/mol. The van der Waals surface area contributed by atoms with E-state index in [4.69, 9.17) is 5.73 Å². The third-order valence-electron chi connectivity index (χ3n) is 1.67. The highest BCUT2D eigenvalue weighted by Crippen LogP contribution is 2.11. The molecule has 1 heterocycles. The van der Waals surface area contributed by atoms with Crippen molar-refractivity contribution in [2.75, 3.05) is 6.54 Å². The van der Waals surface area contributed by atoms with Gasteiger partial charge < -0.3 is 11.1 Å². The van der Waals surface area contributed by atoms with Gasteiger partial charge in [-0.1, -0.05) is 30.1 Å². The Balaban J connectivity index is 2.64. The Hall–Kier alpha value is -1.08. The van der Waals surface area contributed by atoms with E-state index in [2.05, 4.69) is 27.1 Å². The van der Waals surface area contributed by atoms with Gasteiger partial charge in [0.05, 0.1) is 17.2 Å². The van der Waals surface area contributed by atoms with Crippen LogP contribution in [0.2, 0.25) is 0 Å². The summed E-state index contributed by atoms with van der Waals surface area (Å²) in [4.78, 5) is 12.4. The van der Waals surface area contributed by atoms with E-state index in [0.29, 0.717) is 4.88 Å². The van der Waals surface area contributed by atoms with E-state index in [1.165, 1.54) is 0 Å². The molecule has 0 radical (unpaired) electrons. The van der Waals surface area contributed by atoms with Crippen molar-refractivity contribution < 1.29 is 4.79 Å². The molecule has 1 rings (SSSR count). The first kappa shape index (κ1) is 12.0. The molecule has 0 aromatic carbocycles. The van der Waals surface area contributed by atoms with E-state index >= 15 is 0 Å². The molecule has 1 aromatic heterocycles. The minimum Gasteiger partial charge on any atom is -0.392 e. The van der Waals surface area contributed by atoms with Crippen LogP contribution in [0.1, 0.15) is 28.7 Å². The molecule has 15 heavy (non-hydrogen) atoms. The molecule has 0 atom stereocenters. The Morgan fingerprint density at radius 3 is 3.00 bits per heavy atom. The number of nitrogens with one attached hydrogen (secondary N) is 1. The van der Waals surface area contributed by atoms with E-state index < -0.39 is 0 Å². The van der Waals surface area contributed by atoms with Crippen molar-refractivity contribution in [3.05, 3.63) is 10.6 Å². The lowest BCUT2D eigenvalue weighted by atomic mass is 10.2. The second-order valence-corrected chi connectivity index (χ2v) is 4.23. The zero-order chi connectivity index (χ0) is 11.3. The Labute approximate surface area is 97.2 Å². The third kappa shape index (κ3) is 3.52. The molecule has 82 valence electrons. The number of thiocarbonyl (C=S) groups is 1. The third-order valence-corrected chi connectivity index (χ3v) is 2.58. The summed E-state index contributed by atoms with van der Waals surface area (Å²) in [5.74, 6) is -0.207. The van der Waals surface area contributed by atoms with Gasteiger partial charge >= 0.3 is 0 Å². The lowest BCUT2D eigenvalue weighted by molar-refractivity contribution is 0.0962. The highest BCUT2D eigenvalue weighted by molar-refractivity contribution is 7.80. The minimum absolute atomic E-state index is 0.206. The summed E-state index contributed by atoms with van der Waals surface area (Å²) in [7, 11) is 0. The standard InChI is InChI=1S/C8H12N4OS2/c1-2-3-5-7(15-12-11-5)8(13)10-4-6(9)14/h2-4H2,1H3,(H2,9,14)(H,10,13). The molecule has 0 spiro atoms. The maximum absolute atomic E-state index is 11.6. The van der Waals surface area contributed by atoms with Crippen LogP contribution in [0, 0.1) is 0 Å². The number of carbonyl (C=O) groups is 1. The summed E-state index contributed by atoms with van der Waals surface area (Å²) in [6.07, 6.45) is 1.69. The normalized spacial score (nSPS) is 9.93. The second-order valence-electron chi connectivity index (χ2n) is 2.95. The van der Waals surface area contributed by atoms with Crippen molar-refractivity contribution in [3.8, 4) is 0 Å². The maximum Gasteiger partial charge on any atom is 0.265 e. The Kier molecular flexibility index (Phi) is 4.57. The fourth-order valence-electron chi connectivity index (χ4n) is 1.03. The molecular weight excluding hydrogens is 232 g/mol. The van der Waals surface area contributed by atoms with E-state index in [9.17, 15) is 4.79 Å². The molecule has 1 amide bonds. The zero-order valence-corrected chi connectivity index (χ0v) is 9.95. The van der Waals surface area contributed by atoms with Crippen LogP contribution >= 0.6 is 23.8 Å². The van der Waals surface area contributed by atoms with E-state index in [0.717, 1.165) is 30.1 Å². The molecule has 5 nitrogen and oxygen atoms in total. The van der Waals surface area contributed by atoms with Gasteiger partial charge in [-0.15, -0.1) is 5.10 Å². The smallest absolute Gasteiger partial charge is 0.265 e. The van der Waals surface area contributed by atoms with Crippen LogP contribution in [-0.4, -0.2) is 27.0 Å². The molecule has 0 saturated carbocycles. The molecule has 0 aliphatic carbocycles. The van der Waals surface area contributed by atoms with Crippen LogP contribution in [0.25, 0.3) is 0 Å². The topological polar surface area (TPSA) is 80.9 Å². The number of nitrogens with two attached hydrogens (primary N) is 1. The minimum atomic E-state index is -0.207. The van der Waals surface area contributed by atoms with Gasteiger partial charge in [-0.25, -0.2) is 0 Å². The molecule has 0 unspecified atom stereocenters. The SMILES string of the molecule is CCCc1nnsc1C(=O)NCC(N)=S. The zero-order valence-electron chi connectivity index (χ0n) is 8.32. The number of hydrogen-bond acceptors (Lipinski definition) is 5. The summed E-state index contributed by atoms with van der Waals surface area (Å²) in [5.41, 5.74) is 6.02. The lowest BCUT2D eigenvalue weighted by Gasteiger charge is -2.02. The number of rotatable bonds is 5. The van der Waals surface area contributed by atoms with Gasteiger partial charge in [0.1, 0.15) is 4.88 Å². The number of amides is 1. The van der Waals surface area contributed by atoms with Crippen LogP contribution in [0.15, 0.2) is 0 Å². The summed E-state index contributed by atoms with van der Waals surface area (Å²) in [5, 5.41) is 6.51. The predicted octanol–water partition coefficient (Wildman–Crippen LogP) is 0.507. The Morgan fingerprint density at radius 2 is 2.40 bits per heavy atom. The van der Waals surface area contributed by atoms with Crippen molar-refractivity contribution in [2.45, 2.75) is 19.8 Å². The fourth-order valence-corrected chi connectivity index (χ4v) is 1.73. The predicted molar refractivity (Wildman–Crippen MR) is 63.0 cm³/mol. The van der Waals surface area contributed by atoms with Crippen molar-refractivity contribution in [1.82, 2.24) is 14.9 Å². The fraction of sp³-hybridized carbons (Fsp3) is 0.500. The first-order valence-corrected chi connectivity index (χ1v) is 5.71. The summed E-state index contributed by atoms with van der Waals surface area (Å²) in [6.45, 7) is 2.23. The van der Waals surface area contributed by atoms with Crippen LogP contribution in [0.4, 0.5) is 0 Å². The quantitative estimate of drug-likeness (QED) is 0.737. The van der Waals surface area contributed by atoms with Gasteiger partial charge in [-0.05, 0) is 18.0 Å². The van der Waals surface area contributed by atoms with Crippen LogP contribution in [-0.2, 0) is 6.42 Å². The lowest BCUT2D eigenvalue weighted by Crippen LogP contribution is -2.32. The highest BCUT2D eigenvalue weighted by Gasteiger charge is 2.14. The van der Waals surface area contributed by atoms with Gasteiger partial charge in [-0.3, -0.25) is 4.79 Å². The van der Waals surface area contributed by atoms with Gasteiger partial charge in [0.2, 0.25) is 0 Å². The molecule has 3 N–H and O–H groups in total. The number of nitrogens with zero attached hydrogens (tertiary/aromatic N) is 2. The molecule has 0 fully saturated rings. The second kappa shape index (κ2) is 5.72. The highest BCUT2D eigenvalue weighted by atomic mass is 32.1. The van der Waals surface area contributed by atoms with Gasteiger partial charge in [0, 0.05) is 0 Å². The molecule has 0 aliphatic rings. The molecule has 0 aliphatic heterocycles.